The van der Waals surface area contributed by atoms with Gasteiger partial charge in [0.1, 0.15) is 5.75 Å². The number of nitrogens with zero attached hydrogens (tertiary/aromatic N) is 1. The first-order valence-electron chi connectivity index (χ1n) is 8.64. The van der Waals surface area contributed by atoms with Crippen LogP contribution in [0.15, 0.2) is 29.3 Å². The molecule has 25 heavy (non-hydrogen) atoms. The Morgan fingerprint density at radius 3 is 2.36 bits per heavy atom. The summed E-state index contributed by atoms with van der Waals surface area (Å²) in [7, 11) is 1.72. The molecule has 2 aliphatic carbocycles. The number of nitrogens with one attached hydrogen (secondary N) is 2. The molecule has 2 saturated carbocycles. The lowest BCUT2D eigenvalue weighted by atomic mass is 9.98. The van der Waals surface area contributed by atoms with Crippen molar-refractivity contribution >= 4 is 29.9 Å². The molecule has 4 nitrogen and oxygen atoms in total. The SMILES string of the molecule is CN=C(NCc1ccccc1OC(F)F)NCC(C1CC1)C1CC1.I. The maximum Gasteiger partial charge on any atom is 0.387 e. The third-order valence-electron chi connectivity index (χ3n) is 4.82. The van der Waals surface area contributed by atoms with Crippen molar-refractivity contribution < 1.29 is 13.5 Å². The molecule has 3 rings (SSSR count). The summed E-state index contributed by atoms with van der Waals surface area (Å²) >= 11 is 0. The molecule has 2 aliphatic rings. The zero-order valence-corrected chi connectivity index (χ0v) is 16.7. The van der Waals surface area contributed by atoms with Crippen molar-refractivity contribution in [2.24, 2.45) is 22.7 Å². The smallest absolute Gasteiger partial charge is 0.387 e. The van der Waals surface area contributed by atoms with Crippen LogP contribution in [0, 0.1) is 17.8 Å². The molecular weight excluding hydrogens is 439 g/mol. The molecular formula is C18H26F2IN3O. The van der Waals surface area contributed by atoms with E-state index in [0.29, 0.717) is 18.1 Å². The van der Waals surface area contributed by atoms with Crippen LogP contribution in [0.5, 0.6) is 5.75 Å². The molecule has 0 saturated heterocycles. The number of rotatable bonds is 8. The van der Waals surface area contributed by atoms with Crippen LogP contribution in [0.4, 0.5) is 8.78 Å². The maximum atomic E-state index is 12.5. The van der Waals surface area contributed by atoms with Gasteiger partial charge in [0.25, 0.3) is 0 Å². The molecule has 0 spiro atoms. The second-order valence-electron chi connectivity index (χ2n) is 6.63. The summed E-state index contributed by atoms with van der Waals surface area (Å²) in [5.74, 6) is 3.40. The maximum absolute atomic E-state index is 12.5. The first-order chi connectivity index (χ1) is 11.7. The number of hydrogen-bond acceptors (Lipinski definition) is 2. The van der Waals surface area contributed by atoms with Crippen LogP contribution in [-0.2, 0) is 6.54 Å². The Kier molecular flexibility index (Phi) is 7.71. The zero-order valence-electron chi connectivity index (χ0n) is 14.4. The first-order valence-corrected chi connectivity index (χ1v) is 8.64. The molecule has 7 heteroatoms. The van der Waals surface area contributed by atoms with Crippen molar-refractivity contribution in [2.75, 3.05) is 13.6 Å². The topological polar surface area (TPSA) is 45.7 Å². The summed E-state index contributed by atoms with van der Waals surface area (Å²) in [6.07, 6.45) is 5.42. The number of halogens is 3. The van der Waals surface area contributed by atoms with Crippen LogP contribution in [-0.4, -0.2) is 26.2 Å². The standard InChI is InChI=1S/C18H25F2N3O.HI/c1-21-18(23-11-15(12-6-7-12)13-8-9-13)22-10-14-4-2-3-5-16(14)24-17(19)20;/h2-5,12-13,15,17H,6-11H2,1H3,(H2,21,22,23);1H. The van der Waals surface area contributed by atoms with E-state index in [1.54, 1.807) is 25.2 Å². The van der Waals surface area contributed by atoms with Gasteiger partial charge in [0.2, 0.25) is 0 Å². The molecule has 2 fully saturated rings. The predicted octanol–water partition coefficient (Wildman–Crippen LogP) is 4.01. The van der Waals surface area contributed by atoms with Crippen molar-refractivity contribution in [1.29, 1.82) is 0 Å². The van der Waals surface area contributed by atoms with E-state index in [1.165, 1.54) is 25.7 Å². The second-order valence-corrected chi connectivity index (χ2v) is 6.63. The van der Waals surface area contributed by atoms with E-state index in [2.05, 4.69) is 20.4 Å². The van der Waals surface area contributed by atoms with Gasteiger partial charge < -0.3 is 15.4 Å². The van der Waals surface area contributed by atoms with Gasteiger partial charge in [0.15, 0.2) is 5.96 Å². The highest BCUT2D eigenvalue weighted by Gasteiger charge is 2.41. The molecule has 1 aromatic carbocycles. The van der Waals surface area contributed by atoms with Gasteiger partial charge in [-0.2, -0.15) is 8.78 Å². The van der Waals surface area contributed by atoms with Crippen LogP contribution < -0.4 is 15.4 Å². The van der Waals surface area contributed by atoms with E-state index in [-0.39, 0.29) is 29.7 Å². The van der Waals surface area contributed by atoms with Crippen molar-refractivity contribution in [1.82, 2.24) is 10.6 Å². The van der Waals surface area contributed by atoms with Gasteiger partial charge in [0.05, 0.1) is 0 Å². The van der Waals surface area contributed by atoms with Gasteiger partial charge in [-0.25, -0.2) is 0 Å². The van der Waals surface area contributed by atoms with Crippen LogP contribution in [0.25, 0.3) is 0 Å². The average Bonchev–Trinajstić information content (AvgIpc) is 3.45. The van der Waals surface area contributed by atoms with Gasteiger partial charge in [0, 0.05) is 25.7 Å². The second kappa shape index (κ2) is 9.54. The van der Waals surface area contributed by atoms with Gasteiger partial charge in [-0.15, -0.1) is 24.0 Å². The largest absolute Gasteiger partial charge is 0.434 e. The van der Waals surface area contributed by atoms with Crippen LogP contribution in [0.3, 0.4) is 0 Å². The monoisotopic (exact) mass is 465 g/mol. The Labute approximate surface area is 164 Å². The summed E-state index contributed by atoms with van der Waals surface area (Å²) < 4.78 is 29.5. The fraction of sp³-hybridized carbons (Fsp3) is 0.611. The van der Waals surface area contributed by atoms with Crippen LogP contribution in [0.2, 0.25) is 0 Å². The van der Waals surface area contributed by atoms with Crippen molar-refractivity contribution in [3.05, 3.63) is 29.8 Å². The van der Waals surface area contributed by atoms with E-state index in [1.807, 2.05) is 6.07 Å². The Hall–Kier alpha value is -1.12. The number of alkyl halides is 2. The minimum Gasteiger partial charge on any atom is -0.434 e. The summed E-state index contributed by atoms with van der Waals surface area (Å²) in [5, 5.41) is 6.58. The van der Waals surface area contributed by atoms with Gasteiger partial charge in [-0.05, 0) is 49.5 Å². The lowest BCUT2D eigenvalue weighted by molar-refractivity contribution is -0.0504. The molecule has 0 heterocycles. The molecule has 0 bridgehead atoms. The molecule has 0 atom stereocenters. The van der Waals surface area contributed by atoms with Crippen molar-refractivity contribution in [3.8, 4) is 5.75 Å². The number of aliphatic imine (C=N–C) groups is 1. The average molecular weight is 465 g/mol. The Morgan fingerprint density at radius 2 is 1.80 bits per heavy atom. The van der Waals surface area contributed by atoms with E-state index in [4.69, 9.17) is 0 Å². The highest BCUT2D eigenvalue weighted by molar-refractivity contribution is 14.0. The molecule has 0 radical (unpaired) electrons. The Balaban J connectivity index is 0.00000225. The third kappa shape index (κ3) is 6.27. The number of benzene rings is 1. The molecule has 0 aromatic heterocycles. The third-order valence-corrected chi connectivity index (χ3v) is 4.82. The molecule has 140 valence electrons. The highest BCUT2D eigenvalue weighted by Crippen LogP contribution is 2.48. The number of para-hydroxylation sites is 1. The molecule has 0 amide bonds. The van der Waals surface area contributed by atoms with Gasteiger partial charge in [-0.3, -0.25) is 4.99 Å². The quantitative estimate of drug-likeness (QED) is 0.347. The molecule has 2 N–H and O–H groups in total. The normalized spacial score (nSPS) is 17.4. The first kappa shape index (κ1) is 20.2. The number of ether oxygens (including phenoxy) is 1. The predicted molar refractivity (Wildman–Crippen MR) is 106 cm³/mol. The van der Waals surface area contributed by atoms with E-state index in [9.17, 15) is 8.78 Å². The zero-order chi connectivity index (χ0) is 16.9. The fourth-order valence-corrected chi connectivity index (χ4v) is 3.24. The Morgan fingerprint density at radius 1 is 1.16 bits per heavy atom. The van der Waals surface area contributed by atoms with Crippen molar-refractivity contribution in [3.63, 3.8) is 0 Å². The lowest BCUT2D eigenvalue weighted by Gasteiger charge is -2.19. The van der Waals surface area contributed by atoms with Gasteiger partial charge in [-0.1, -0.05) is 18.2 Å². The number of hydrogen-bond donors (Lipinski definition) is 2. The summed E-state index contributed by atoms with van der Waals surface area (Å²) in [4.78, 5) is 4.23. The highest BCUT2D eigenvalue weighted by atomic mass is 127. The molecule has 0 aliphatic heterocycles. The lowest BCUT2D eigenvalue weighted by Crippen LogP contribution is -2.40. The number of guanidine groups is 1. The minimum atomic E-state index is -2.82. The van der Waals surface area contributed by atoms with E-state index >= 15 is 0 Å². The minimum absolute atomic E-state index is 0. The van der Waals surface area contributed by atoms with E-state index in [0.717, 1.165) is 24.3 Å². The van der Waals surface area contributed by atoms with E-state index < -0.39 is 6.61 Å². The van der Waals surface area contributed by atoms with Crippen LogP contribution in [0.1, 0.15) is 31.2 Å². The molecule has 1 aromatic rings. The summed E-state index contributed by atoms with van der Waals surface area (Å²) in [6.45, 7) is -1.49. The van der Waals surface area contributed by atoms with Gasteiger partial charge >= 0.3 is 6.61 Å². The fourth-order valence-electron chi connectivity index (χ4n) is 3.24. The van der Waals surface area contributed by atoms with Crippen molar-refractivity contribution in [2.45, 2.75) is 38.8 Å². The summed E-state index contributed by atoms with van der Waals surface area (Å²) in [5.41, 5.74) is 0.682. The summed E-state index contributed by atoms with van der Waals surface area (Å²) in [6, 6.07) is 6.82. The molecule has 0 unspecified atom stereocenters. The van der Waals surface area contributed by atoms with Crippen LogP contribution >= 0.6 is 24.0 Å². The Bertz CT molecular complexity index is 565.